The fourth-order valence-corrected chi connectivity index (χ4v) is 2.55. The number of hydrogen-bond donors (Lipinski definition) is 0. The fraction of sp³-hybridized carbons (Fsp3) is 0.333. The zero-order valence-corrected chi connectivity index (χ0v) is 12.2. The van der Waals surface area contributed by atoms with Gasteiger partial charge in [-0.2, -0.15) is 10.2 Å². The molecule has 0 aliphatic carbocycles. The van der Waals surface area contributed by atoms with Crippen LogP contribution in [-0.2, 0) is 0 Å². The first kappa shape index (κ1) is 15.1. The highest BCUT2D eigenvalue weighted by Gasteiger charge is 2.49. The van der Waals surface area contributed by atoms with E-state index in [-0.39, 0.29) is 11.5 Å². The van der Waals surface area contributed by atoms with Gasteiger partial charge in [0.25, 0.3) is 11.8 Å². The summed E-state index contributed by atoms with van der Waals surface area (Å²) in [6.07, 6.45) is -0.559. The van der Waals surface area contributed by atoms with E-state index in [0.717, 1.165) is 4.90 Å². The number of alkyl halides is 2. The molecule has 0 bridgehead atoms. The van der Waals surface area contributed by atoms with E-state index in [2.05, 4.69) is 10.1 Å². The molecule has 0 saturated carbocycles. The van der Waals surface area contributed by atoms with Crippen LogP contribution in [0.25, 0.3) is 0 Å². The van der Waals surface area contributed by atoms with Crippen molar-refractivity contribution in [2.75, 3.05) is 6.54 Å². The van der Waals surface area contributed by atoms with Gasteiger partial charge in [0, 0.05) is 12.0 Å². The summed E-state index contributed by atoms with van der Waals surface area (Å²) in [5.41, 5.74) is 0.611. The van der Waals surface area contributed by atoms with Gasteiger partial charge in [0.05, 0.1) is 18.2 Å². The lowest BCUT2D eigenvalue weighted by Gasteiger charge is -2.21. The summed E-state index contributed by atoms with van der Waals surface area (Å²) in [4.78, 5) is 17.5. The minimum Gasteiger partial charge on any atom is -0.337 e. The van der Waals surface area contributed by atoms with Crippen LogP contribution in [0.1, 0.15) is 40.1 Å². The van der Waals surface area contributed by atoms with Crippen molar-refractivity contribution in [2.45, 2.75) is 25.3 Å². The summed E-state index contributed by atoms with van der Waals surface area (Å²) in [5.74, 6) is -3.26. The summed E-state index contributed by atoms with van der Waals surface area (Å²) in [6.45, 7) is 0.866. The van der Waals surface area contributed by atoms with E-state index in [4.69, 9.17) is 9.78 Å². The number of hydrogen-bond acceptors (Lipinski definition) is 5. The van der Waals surface area contributed by atoms with Gasteiger partial charge in [-0.3, -0.25) is 4.79 Å². The van der Waals surface area contributed by atoms with E-state index in [1.807, 2.05) is 6.07 Å². The molecule has 1 saturated heterocycles. The van der Waals surface area contributed by atoms with E-state index in [0.29, 0.717) is 11.4 Å². The molecule has 2 aromatic rings. The van der Waals surface area contributed by atoms with E-state index < -0.39 is 30.8 Å². The quantitative estimate of drug-likeness (QED) is 0.849. The Kier molecular flexibility index (Phi) is 3.56. The lowest BCUT2D eigenvalue weighted by Crippen LogP contribution is -2.33. The smallest absolute Gasteiger partial charge is 0.267 e. The molecule has 1 amide bonds. The Morgan fingerprint density at radius 1 is 1.43 bits per heavy atom. The first-order chi connectivity index (χ1) is 10.9. The van der Waals surface area contributed by atoms with Crippen LogP contribution in [0.2, 0.25) is 0 Å². The maximum atomic E-state index is 13.8. The summed E-state index contributed by atoms with van der Waals surface area (Å²) >= 11 is 0. The third-order valence-corrected chi connectivity index (χ3v) is 3.62. The van der Waals surface area contributed by atoms with Crippen molar-refractivity contribution in [3.05, 3.63) is 47.1 Å². The van der Waals surface area contributed by atoms with Crippen molar-refractivity contribution in [3.8, 4) is 6.07 Å². The number of halogens is 2. The first-order valence-corrected chi connectivity index (χ1v) is 6.89. The number of amides is 1. The topological polar surface area (TPSA) is 83.0 Å². The van der Waals surface area contributed by atoms with Crippen molar-refractivity contribution in [3.63, 3.8) is 0 Å². The molecule has 3 rings (SSSR count). The number of nitriles is 1. The molecule has 118 valence electrons. The van der Waals surface area contributed by atoms with Gasteiger partial charge in [-0.1, -0.05) is 5.16 Å². The minimum atomic E-state index is -3.02. The number of aromatic nitrogens is 2. The van der Waals surface area contributed by atoms with Crippen molar-refractivity contribution >= 4 is 5.91 Å². The van der Waals surface area contributed by atoms with Crippen LogP contribution in [-0.4, -0.2) is 33.4 Å². The van der Waals surface area contributed by atoms with Crippen LogP contribution in [0.5, 0.6) is 0 Å². The number of nitrogens with zero attached hydrogens (tertiary/aromatic N) is 4. The molecule has 6 nitrogen and oxygen atoms in total. The molecule has 2 heterocycles. The number of carbonyl (C=O) groups excluding carboxylic acids is 1. The highest BCUT2D eigenvalue weighted by atomic mass is 19.3. The van der Waals surface area contributed by atoms with E-state index >= 15 is 0 Å². The number of aryl methyl sites for hydroxylation is 1. The number of carbonyl (C=O) groups is 1. The second-order valence-electron chi connectivity index (χ2n) is 5.38. The molecule has 1 atom stereocenters. The van der Waals surface area contributed by atoms with Gasteiger partial charge in [-0.05, 0) is 31.2 Å². The van der Waals surface area contributed by atoms with Crippen LogP contribution in [0.15, 0.2) is 28.8 Å². The summed E-state index contributed by atoms with van der Waals surface area (Å²) in [5, 5.41) is 12.4. The molecule has 0 N–H and O–H groups in total. The average Bonchev–Trinajstić information content (AvgIpc) is 3.09. The van der Waals surface area contributed by atoms with Gasteiger partial charge in [0.2, 0.25) is 5.89 Å². The van der Waals surface area contributed by atoms with Gasteiger partial charge in [-0.25, -0.2) is 8.78 Å². The van der Waals surface area contributed by atoms with Crippen LogP contribution in [0, 0.1) is 18.3 Å². The standard InChI is InChI=1S/C15H12F2N4O2/c1-9-19-13(23-20-9)12-6-15(16,17)8-21(12)14(22)11-4-2-10(7-18)3-5-11/h2-5,12H,6,8H2,1H3/t12-/m0/s1. The lowest BCUT2D eigenvalue weighted by molar-refractivity contribution is 0.0117. The van der Waals surface area contributed by atoms with Crippen LogP contribution in [0.4, 0.5) is 8.78 Å². The Morgan fingerprint density at radius 3 is 2.70 bits per heavy atom. The zero-order chi connectivity index (χ0) is 16.6. The predicted molar refractivity (Wildman–Crippen MR) is 73.5 cm³/mol. The molecule has 23 heavy (non-hydrogen) atoms. The Hall–Kier alpha value is -2.82. The third kappa shape index (κ3) is 2.90. The van der Waals surface area contributed by atoms with Crippen molar-refractivity contribution < 1.29 is 18.1 Å². The normalized spacial score (nSPS) is 19.6. The molecule has 0 unspecified atom stereocenters. The van der Waals surface area contributed by atoms with Crippen LogP contribution < -0.4 is 0 Å². The van der Waals surface area contributed by atoms with E-state index in [1.165, 1.54) is 24.3 Å². The molecule has 1 aliphatic heterocycles. The van der Waals surface area contributed by atoms with Gasteiger partial charge < -0.3 is 9.42 Å². The van der Waals surface area contributed by atoms with Crippen molar-refractivity contribution in [2.24, 2.45) is 0 Å². The molecular formula is C15H12F2N4O2. The average molecular weight is 318 g/mol. The van der Waals surface area contributed by atoms with Crippen LogP contribution in [0.3, 0.4) is 0 Å². The highest BCUT2D eigenvalue weighted by Crippen LogP contribution is 2.41. The van der Waals surface area contributed by atoms with Gasteiger partial charge in [-0.15, -0.1) is 0 Å². The number of benzene rings is 1. The molecular weight excluding hydrogens is 306 g/mol. The minimum absolute atomic E-state index is 0.00155. The lowest BCUT2D eigenvalue weighted by atomic mass is 10.1. The largest absolute Gasteiger partial charge is 0.337 e. The highest BCUT2D eigenvalue weighted by molar-refractivity contribution is 5.94. The number of likely N-dealkylation sites (tertiary alicyclic amines) is 1. The predicted octanol–water partition coefficient (Wildman–Crippen LogP) is 2.47. The van der Waals surface area contributed by atoms with Crippen molar-refractivity contribution in [1.29, 1.82) is 5.26 Å². The molecule has 0 spiro atoms. The second kappa shape index (κ2) is 5.43. The monoisotopic (exact) mass is 318 g/mol. The SMILES string of the molecule is Cc1noc([C@@H]2CC(F)(F)CN2C(=O)c2ccc(C#N)cc2)n1. The second-order valence-corrected chi connectivity index (χ2v) is 5.38. The summed E-state index contributed by atoms with van der Waals surface area (Å²) in [6, 6.07) is 6.78. The maximum Gasteiger partial charge on any atom is 0.267 e. The molecule has 1 aromatic carbocycles. The van der Waals surface area contributed by atoms with Gasteiger partial charge in [0.1, 0.15) is 6.04 Å². The Balaban J connectivity index is 1.91. The fourth-order valence-electron chi connectivity index (χ4n) is 2.55. The number of rotatable bonds is 2. The molecule has 0 radical (unpaired) electrons. The van der Waals surface area contributed by atoms with E-state index in [1.54, 1.807) is 6.92 Å². The third-order valence-electron chi connectivity index (χ3n) is 3.62. The van der Waals surface area contributed by atoms with Crippen molar-refractivity contribution in [1.82, 2.24) is 15.0 Å². The Labute approximate surface area is 130 Å². The Morgan fingerprint density at radius 2 is 2.13 bits per heavy atom. The van der Waals surface area contributed by atoms with Gasteiger partial charge >= 0.3 is 0 Å². The molecule has 8 heteroatoms. The first-order valence-electron chi connectivity index (χ1n) is 6.89. The zero-order valence-electron chi connectivity index (χ0n) is 12.2. The molecule has 1 aromatic heterocycles. The Bertz CT molecular complexity index is 780. The van der Waals surface area contributed by atoms with Gasteiger partial charge in [0.15, 0.2) is 5.82 Å². The summed E-state index contributed by atoms with van der Waals surface area (Å²) in [7, 11) is 0. The summed E-state index contributed by atoms with van der Waals surface area (Å²) < 4.78 is 32.6. The maximum absolute atomic E-state index is 13.8. The van der Waals surface area contributed by atoms with Crippen LogP contribution >= 0.6 is 0 Å². The molecule has 1 fully saturated rings. The van der Waals surface area contributed by atoms with E-state index in [9.17, 15) is 13.6 Å². The molecule has 1 aliphatic rings.